The van der Waals surface area contributed by atoms with Gasteiger partial charge in [0.1, 0.15) is 6.04 Å². The van der Waals surface area contributed by atoms with Crippen molar-refractivity contribution in [1.29, 1.82) is 0 Å². The number of nitrogens with zero attached hydrogens (tertiary/aromatic N) is 3. The molecule has 0 saturated carbocycles. The second-order valence-corrected chi connectivity index (χ2v) is 7.39. The summed E-state index contributed by atoms with van der Waals surface area (Å²) in [5.74, 6) is -1.72. The number of rotatable bonds is 7. The zero-order valence-corrected chi connectivity index (χ0v) is 15.4. The van der Waals surface area contributed by atoms with Gasteiger partial charge in [-0.1, -0.05) is 26.8 Å². The Hall–Kier alpha value is -3.23. The van der Waals surface area contributed by atoms with Crippen molar-refractivity contribution in [3.8, 4) is 5.69 Å². The number of carbonyl (C=O) groups is 2. The molecule has 2 aromatic rings. The lowest BCUT2D eigenvalue weighted by Crippen LogP contribution is -2.41. The molecule has 1 aromatic carbocycles. The van der Waals surface area contributed by atoms with E-state index in [1.54, 1.807) is 6.07 Å². The first-order chi connectivity index (χ1) is 12.6. The molecule has 0 radical (unpaired) electrons. The molecule has 1 unspecified atom stereocenters. The summed E-state index contributed by atoms with van der Waals surface area (Å²) in [6, 6.07) is 6.23. The molecule has 2 rings (SSSR count). The number of carboxylic acid groups (broad SMARTS) is 1. The number of aromatic nitrogens is 2. The maximum Gasteiger partial charge on any atom is 0.326 e. The average Bonchev–Trinajstić information content (AvgIpc) is 3.07. The lowest BCUT2D eigenvalue weighted by atomic mass is 9.88. The van der Waals surface area contributed by atoms with Crippen molar-refractivity contribution in [3.05, 3.63) is 52.3 Å². The molecule has 1 amide bonds. The molecule has 27 heavy (non-hydrogen) atoms. The number of aliphatic carboxylic acids is 1. The normalized spacial score (nSPS) is 12.4. The fraction of sp³-hybridized carbons (Fsp3) is 0.389. The molecule has 2 N–H and O–H groups in total. The molecule has 1 heterocycles. The molecule has 0 bridgehead atoms. The Morgan fingerprint density at radius 1 is 1.33 bits per heavy atom. The first-order valence-electron chi connectivity index (χ1n) is 8.41. The first-order valence-corrected chi connectivity index (χ1v) is 8.41. The van der Waals surface area contributed by atoms with E-state index in [2.05, 4.69) is 10.4 Å². The Morgan fingerprint density at radius 2 is 2.04 bits per heavy atom. The molecule has 0 saturated heterocycles. The third kappa shape index (κ3) is 5.63. The van der Waals surface area contributed by atoms with Crippen molar-refractivity contribution >= 4 is 17.6 Å². The molecular weight excluding hydrogens is 352 g/mol. The number of amides is 1. The van der Waals surface area contributed by atoms with Gasteiger partial charge in [0, 0.05) is 18.3 Å². The van der Waals surface area contributed by atoms with E-state index in [4.69, 9.17) is 0 Å². The highest BCUT2D eigenvalue weighted by Crippen LogP contribution is 2.22. The van der Waals surface area contributed by atoms with Crippen molar-refractivity contribution in [3.63, 3.8) is 0 Å². The zero-order valence-electron chi connectivity index (χ0n) is 15.4. The molecule has 0 fully saturated rings. The van der Waals surface area contributed by atoms with E-state index in [-0.39, 0.29) is 16.8 Å². The van der Waals surface area contributed by atoms with Crippen molar-refractivity contribution in [2.24, 2.45) is 5.41 Å². The highest BCUT2D eigenvalue weighted by atomic mass is 16.6. The number of benzene rings is 1. The Morgan fingerprint density at radius 3 is 2.63 bits per heavy atom. The van der Waals surface area contributed by atoms with E-state index in [0.29, 0.717) is 18.5 Å². The fourth-order valence-electron chi connectivity index (χ4n) is 2.40. The predicted molar refractivity (Wildman–Crippen MR) is 97.8 cm³/mol. The number of nitro benzene ring substituents is 1. The highest BCUT2D eigenvalue weighted by Gasteiger charge is 2.24. The smallest absolute Gasteiger partial charge is 0.326 e. The number of hydrogen-bond acceptors (Lipinski definition) is 5. The number of nitro groups is 1. The van der Waals surface area contributed by atoms with Gasteiger partial charge in [-0.05, 0) is 30.4 Å². The summed E-state index contributed by atoms with van der Waals surface area (Å²) in [6.45, 7) is 5.98. The van der Waals surface area contributed by atoms with Gasteiger partial charge in [-0.2, -0.15) is 5.10 Å². The van der Waals surface area contributed by atoms with Crippen LogP contribution < -0.4 is 5.32 Å². The molecule has 0 aliphatic carbocycles. The molecule has 0 aliphatic heterocycles. The molecule has 0 aliphatic rings. The van der Waals surface area contributed by atoms with Gasteiger partial charge in [-0.3, -0.25) is 14.9 Å². The second kappa shape index (κ2) is 7.98. The first kappa shape index (κ1) is 20.1. The third-order valence-corrected chi connectivity index (χ3v) is 3.91. The van der Waals surface area contributed by atoms with Crippen LogP contribution in [0.15, 0.2) is 36.5 Å². The number of carbonyl (C=O) groups excluding carboxylic acids is 1. The highest BCUT2D eigenvalue weighted by molar-refractivity contribution is 5.94. The van der Waals surface area contributed by atoms with Gasteiger partial charge in [0.2, 0.25) is 0 Å². The monoisotopic (exact) mass is 374 g/mol. The summed E-state index contributed by atoms with van der Waals surface area (Å²) in [6.07, 6.45) is 2.42. The van der Waals surface area contributed by atoms with Crippen LogP contribution in [-0.2, 0) is 4.79 Å². The van der Waals surface area contributed by atoms with Gasteiger partial charge >= 0.3 is 5.97 Å². The summed E-state index contributed by atoms with van der Waals surface area (Å²) < 4.78 is 1.33. The van der Waals surface area contributed by atoms with E-state index in [0.717, 1.165) is 0 Å². The van der Waals surface area contributed by atoms with Crippen LogP contribution in [0.25, 0.3) is 5.69 Å². The minimum absolute atomic E-state index is 0.0310. The molecule has 144 valence electrons. The Labute approximate surface area is 156 Å². The maximum atomic E-state index is 12.3. The number of hydrogen-bond donors (Lipinski definition) is 2. The number of nitrogens with one attached hydrogen (secondary N) is 1. The minimum atomic E-state index is -1.11. The van der Waals surface area contributed by atoms with Crippen LogP contribution in [0.3, 0.4) is 0 Å². The Bertz CT molecular complexity index is 853. The topological polar surface area (TPSA) is 127 Å². The standard InChI is InChI=1S/C18H22N4O5/c1-18(2,3)9-7-15(17(24)25)19-16(23)14-8-10-21(20-14)12-5-4-6-13(11-12)22(26)27/h4-6,8,10-11,15H,7,9H2,1-3H3,(H,19,23)(H,24,25). The second-order valence-electron chi connectivity index (χ2n) is 7.39. The largest absolute Gasteiger partial charge is 0.480 e. The van der Waals surface area contributed by atoms with Gasteiger partial charge in [0.05, 0.1) is 10.6 Å². The molecule has 9 heteroatoms. The molecule has 1 aromatic heterocycles. The average molecular weight is 374 g/mol. The van der Waals surface area contributed by atoms with E-state index in [1.165, 1.54) is 35.1 Å². The fourth-order valence-corrected chi connectivity index (χ4v) is 2.40. The van der Waals surface area contributed by atoms with Crippen LogP contribution in [0.5, 0.6) is 0 Å². The third-order valence-electron chi connectivity index (χ3n) is 3.91. The number of carboxylic acids is 1. The molecule has 1 atom stereocenters. The summed E-state index contributed by atoms with van der Waals surface area (Å²) in [5, 5.41) is 26.8. The summed E-state index contributed by atoms with van der Waals surface area (Å²) in [5.41, 5.74) is 0.304. The Balaban J connectivity index is 2.12. The van der Waals surface area contributed by atoms with Gasteiger partial charge in [-0.25, -0.2) is 9.48 Å². The summed E-state index contributed by atoms with van der Waals surface area (Å²) in [4.78, 5) is 34.1. The van der Waals surface area contributed by atoms with E-state index in [1.807, 2.05) is 20.8 Å². The van der Waals surface area contributed by atoms with Crippen molar-refractivity contribution in [1.82, 2.24) is 15.1 Å². The molecular formula is C18H22N4O5. The van der Waals surface area contributed by atoms with Crippen LogP contribution in [0.1, 0.15) is 44.1 Å². The number of non-ortho nitro benzene ring substituents is 1. The van der Waals surface area contributed by atoms with Crippen LogP contribution in [-0.4, -0.2) is 37.7 Å². The van der Waals surface area contributed by atoms with Gasteiger partial charge < -0.3 is 10.4 Å². The predicted octanol–water partition coefficient (Wildman–Crippen LogP) is 2.79. The van der Waals surface area contributed by atoms with Gasteiger partial charge in [0.15, 0.2) is 5.69 Å². The molecule has 9 nitrogen and oxygen atoms in total. The zero-order chi connectivity index (χ0) is 20.2. The summed E-state index contributed by atoms with van der Waals surface area (Å²) in [7, 11) is 0. The Kier molecular flexibility index (Phi) is 5.94. The minimum Gasteiger partial charge on any atom is -0.480 e. The van der Waals surface area contributed by atoms with Crippen molar-refractivity contribution in [2.45, 2.75) is 39.7 Å². The van der Waals surface area contributed by atoms with Crippen LogP contribution in [0, 0.1) is 15.5 Å². The maximum absolute atomic E-state index is 12.3. The van der Waals surface area contributed by atoms with E-state index >= 15 is 0 Å². The molecule has 0 spiro atoms. The van der Waals surface area contributed by atoms with Gasteiger partial charge in [-0.15, -0.1) is 0 Å². The van der Waals surface area contributed by atoms with Crippen molar-refractivity contribution < 1.29 is 19.6 Å². The SMILES string of the molecule is CC(C)(C)CCC(NC(=O)c1ccn(-c2cccc([N+](=O)[O-])c2)n1)C(=O)O. The van der Waals surface area contributed by atoms with E-state index < -0.39 is 22.8 Å². The van der Waals surface area contributed by atoms with Crippen LogP contribution in [0.2, 0.25) is 0 Å². The lowest BCUT2D eigenvalue weighted by Gasteiger charge is -2.21. The van der Waals surface area contributed by atoms with Gasteiger partial charge in [0.25, 0.3) is 11.6 Å². The quantitative estimate of drug-likeness (QED) is 0.566. The van der Waals surface area contributed by atoms with Crippen molar-refractivity contribution in [2.75, 3.05) is 0 Å². The van der Waals surface area contributed by atoms with Crippen LogP contribution in [0.4, 0.5) is 5.69 Å². The lowest BCUT2D eigenvalue weighted by molar-refractivity contribution is -0.384. The summed E-state index contributed by atoms with van der Waals surface area (Å²) >= 11 is 0. The van der Waals surface area contributed by atoms with E-state index in [9.17, 15) is 24.8 Å². The van der Waals surface area contributed by atoms with Crippen LogP contribution >= 0.6 is 0 Å².